The molecule has 1 amide bonds. The molecule has 2 aliphatic heterocycles. The third-order valence-electron chi connectivity index (χ3n) is 10.6. The molecule has 2 saturated heterocycles. The fraction of sp³-hybridized carbons (Fsp3) is 0.667. The molecular weight excluding hydrogens is 605 g/mol. The third-order valence-corrected chi connectivity index (χ3v) is 12.4. The predicted octanol–water partition coefficient (Wildman–Crippen LogP) is 8.38. The number of nitrogens with zero attached hydrogens (tertiary/aromatic N) is 3. The molecule has 8 nitrogen and oxygen atoms in total. The maximum Gasteiger partial charge on any atom is 0.419 e. The molecule has 1 aromatic carbocycles. The monoisotopic (exact) mass is 648 g/mol. The van der Waals surface area contributed by atoms with E-state index in [4.69, 9.17) is 9.47 Å². The lowest BCUT2D eigenvalue weighted by Crippen LogP contribution is -2.60. The molecule has 0 atom stereocenters. The first-order valence-corrected chi connectivity index (χ1v) is 16.7. The molecule has 2 N–H and O–H groups in total. The minimum Gasteiger partial charge on any atom is -0.465 e. The molecule has 246 valence electrons. The van der Waals surface area contributed by atoms with Crippen LogP contribution in [0.4, 0.5) is 29.6 Å². The number of ether oxygens (including phenoxy) is 2. The molecule has 45 heavy (non-hydrogen) atoms. The Morgan fingerprint density at radius 2 is 1.71 bits per heavy atom. The number of rotatable bonds is 5. The lowest BCUT2D eigenvalue weighted by Gasteiger charge is -2.63. The maximum absolute atomic E-state index is 14.0. The highest BCUT2D eigenvalue weighted by molar-refractivity contribution is 8.00. The Kier molecular flexibility index (Phi) is 8.34. The van der Waals surface area contributed by atoms with Gasteiger partial charge in [-0.3, -0.25) is 0 Å². The van der Waals surface area contributed by atoms with Crippen molar-refractivity contribution in [2.24, 2.45) is 10.8 Å². The summed E-state index contributed by atoms with van der Waals surface area (Å²) in [6.45, 7) is 11.0. The number of thioether (sulfide) groups is 1. The second-order valence-electron chi connectivity index (χ2n) is 14.4. The summed E-state index contributed by atoms with van der Waals surface area (Å²) in [5.74, 6) is -0.877. The molecular formula is C33H43F3N4O4S. The van der Waals surface area contributed by atoms with Crippen LogP contribution in [0.1, 0.15) is 94.9 Å². The van der Waals surface area contributed by atoms with Gasteiger partial charge in [0.05, 0.1) is 24.5 Å². The number of nitrogens with one attached hydrogen (secondary N) is 1. The summed E-state index contributed by atoms with van der Waals surface area (Å²) < 4.78 is 53.6. The van der Waals surface area contributed by atoms with Gasteiger partial charge in [0.25, 0.3) is 0 Å². The number of amides is 1. The standard InChI is InChI=1S/C33H43F3N4O4S/c1-21-17-23(45-31(29(2,3)4)19-30(20-31)11-13-40(14-12-30)28(41)42)5-6-25(21)38-27-37-18-24(33(34,35)36)26(39-27)22-7-9-32(10-8-22)43-15-16-44-32/h5-6,17-18,22H,7-16,19-20H2,1-4H3,(H,41,42)(H,37,38,39). The van der Waals surface area contributed by atoms with Crippen molar-refractivity contribution in [1.82, 2.24) is 14.9 Å². The van der Waals surface area contributed by atoms with Crippen molar-refractivity contribution < 1.29 is 32.5 Å². The number of carbonyl (C=O) groups is 1. The van der Waals surface area contributed by atoms with Gasteiger partial charge in [-0.1, -0.05) is 20.8 Å². The van der Waals surface area contributed by atoms with Crippen LogP contribution in [0.3, 0.4) is 0 Å². The van der Waals surface area contributed by atoms with Crippen molar-refractivity contribution in [3.05, 3.63) is 41.2 Å². The SMILES string of the molecule is Cc1cc(SC2(C(C)(C)C)CC3(CCN(C(=O)O)CC3)C2)ccc1Nc1ncc(C(F)(F)F)c(C2CCC3(CC2)OCCO3)n1. The number of aryl methyl sites for hydroxylation is 1. The van der Waals surface area contributed by atoms with Gasteiger partial charge >= 0.3 is 12.3 Å². The quantitative estimate of drug-likeness (QED) is 0.334. The molecule has 12 heteroatoms. The van der Waals surface area contributed by atoms with Crippen molar-refractivity contribution in [3.63, 3.8) is 0 Å². The molecule has 1 aromatic heterocycles. The largest absolute Gasteiger partial charge is 0.465 e. The van der Waals surface area contributed by atoms with E-state index in [1.54, 1.807) is 0 Å². The highest BCUT2D eigenvalue weighted by Crippen LogP contribution is 2.67. The Hall–Kier alpha value is -2.57. The van der Waals surface area contributed by atoms with Crippen molar-refractivity contribution in [2.45, 2.75) is 107 Å². The number of hydrogen-bond donors (Lipinski definition) is 2. The van der Waals surface area contributed by atoms with Crippen LogP contribution in [0.15, 0.2) is 29.3 Å². The Balaban J connectivity index is 1.16. The summed E-state index contributed by atoms with van der Waals surface area (Å²) in [7, 11) is 0. The predicted molar refractivity (Wildman–Crippen MR) is 166 cm³/mol. The van der Waals surface area contributed by atoms with E-state index in [1.807, 2.05) is 24.8 Å². The smallest absolute Gasteiger partial charge is 0.419 e. The van der Waals surface area contributed by atoms with E-state index in [0.29, 0.717) is 52.0 Å². The van der Waals surface area contributed by atoms with E-state index >= 15 is 0 Å². The minimum atomic E-state index is -4.55. The Labute approximate surface area is 266 Å². The van der Waals surface area contributed by atoms with Crippen LogP contribution in [0.25, 0.3) is 0 Å². The number of anilines is 2. The summed E-state index contributed by atoms with van der Waals surface area (Å²) >= 11 is 1.89. The van der Waals surface area contributed by atoms with Crippen LogP contribution in [-0.4, -0.2) is 62.9 Å². The first kappa shape index (κ1) is 32.4. The molecule has 2 saturated carbocycles. The van der Waals surface area contributed by atoms with Crippen molar-refractivity contribution >= 4 is 29.5 Å². The van der Waals surface area contributed by atoms with Crippen molar-refractivity contribution in [3.8, 4) is 0 Å². The zero-order valence-corrected chi connectivity index (χ0v) is 27.2. The number of piperidine rings is 1. The first-order chi connectivity index (χ1) is 21.1. The normalized spacial score (nSPS) is 24.1. The summed E-state index contributed by atoms with van der Waals surface area (Å²) in [5, 5.41) is 12.6. The number of carboxylic acid groups (broad SMARTS) is 1. The zero-order valence-electron chi connectivity index (χ0n) is 26.4. The summed E-state index contributed by atoms with van der Waals surface area (Å²) in [5.41, 5.74) is 1.17. The van der Waals surface area contributed by atoms with Crippen LogP contribution < -0.4 is 5.32 Å². The minimum absolute atomic E-state index is 0.0258. The Morgan fingerprint density at radius 3 is 2.27 bits per heavy atom. The number of hydrogen-bond acceptors (Lipinski definition) is 7. The van der Waals surface area contributed by atoms with E-state index in [9.17, 15) is 23.1 Å². The summed E-state index contributed by atoms with van der Waals surface area (Å²) in [6, 6.07) is 6.12. The highest BCUT2D eigenvalue weighted by Gasteiger charge is 2.60. The second kappa shape index (κ2) is 11.6. The zero-order chi connectivity index (χ0) is 32.3. The van der Waals surface area contributed by atoms with E-state index in [0.717, 1.165) is 48.0 Å². The number of aromatic nitrogens is 2. The van der Waals surface area contributed by atoms with Crippen molar-refractivity contribution in [2.75, 3.05) is 31.6 Å². The molecule has 2 aromatic rings. The number of likely N-dealkylation sites (tertiary alicyclic amines) is 1. The molecule has 4 aliphatic rings. The van der Waals surface area contributed by atoms with Gasteiger partial charge in [-0.25, -0.2) is 14.8 Å². The lowest BCUT2D eigenvalue weighted by atomic mass is 9.51. The lowest BCUT2D eigenvalue weighted by molar-refractivity contribution is -0.179. The fourth-order valence-electron chi connectivity index (χ4n) is 7.73. The number of benzene rings is 1. The summed E-state index contributed by atoms with van der Waals surface area (Å²) in [4.78, 5) is 22.6. The molecule has 2 aliphatic carbocycles. The van der Waals surface area contributed by atoms with Crippen molar-refractivity contribution in [1.29, 1.82) is 0 Å². The van der Waals surface area contributed by atoms with Gasteiger partial charge < -0.3 is 24.8 Å². The average molecular weight is 649 g/mol. The molecule has 2 spiro atoms. The van der Waals surface area contributed by atoms with Gasteiger partial charge in [0, 0.05) is 53.4 Å². The molecule has 0 bridgehead atoms. The summed E-state index contributed by atoms with van der Waals surface area (Å²) in [6.07, 6.45) is 1.49. The Morgan fingerprint density at radius 1 is 1.07 bits per heavy atom. The maximum atomic E-state index is 14.0. The van der Waals surface area contributed by atoms with Crippen LogP contribution in [0, 0.1) is 17.8 Å². The van der Waals surface area contributed by atoms with E-state index in [-0.39, 0.29) is 33.1 Å². The van der Waals surface area contributed by atoms with E-state index < -0.39 is 23.6 Å². The molecule has 4 fully saturated rings. The fourth-order valence-corrected chi connectivity index (χ4v) is 9.61. The second-order valence-corrected chi connectivity index (χ2v) is 15.9. The first-order valence-electron chi connectivity index (χ1n) is 15.9. The van der Waals surface area contributed by atoms with Crippen LogP contribution in [0.5, 0.6) is 0 Å². The van der Waals surface area contributed by atoms with Gasteiger partial charge in [-0.15, -0.1) is 11.8 Å². The molecule has 0 unspecified atom stereocenters. The van der Waals surface area contributed by atoms with Gasteiger partial charge in [0.2, 0.25) is 5.95 Å². The van der Waals surface area contributed by atoms with E-state index in [2.05, 4.69) is 48.2 Å². The molecule has 0 radical (unpaired) electrons. The number of alkyl halides is 3. The van der Waals surface area contributed by atoms with Gasteiger partial charge in [-0.05, 0) is 80.0 Å². The van der Waals surface area contributed by atoms with Gasteiger partial charge in [-0.2, -0.15) is 13.2 Å². The van der Waals surface area contributed by atoms with Gasteiger partial charge in [0.1, 0.15) is 0 Å². The van der Waals surface area contributed by atoms with Crippen LogP contribution in [0.2, 0.25) is 0 Å². The topological polar surface area (TPSA) is 96.8 Å². The average Bonchev–Trinajstić information content (AvgIpc) is 3.40. The third kappa shape index (κ3) is 6.39. The van der Waals surface area contributed by atoms with E-state index in [1.165, 1.54) is 4.90 Å². The van der Waals surface area contributed by atoms with Crippen LogP contribution in [-0.2, 0) is 15.7 Å². The van der Waals surface area contributed by atoms with Gasteiger partial charge in [0.15, 0.2) is 5.79 Å². The molecule has 6 rings (SSSR count). The number of halogens is 3. The highest BCUT2D eigenvalue weighted by atomic mass is 32.2. The van der Waals surface area contributed by atoms with Crippen LogP contribution >= 0.6 is 11.8 Å². The molecule has 3 heterocycles. The Bertz CT molecular complexity index is 1410.